The van der Waals surface area contributed by atoms with Crippen LogP contribution in [0.15, 0.2) is 18.5 Å². The lowest BCUT2D eigenvalue weighted by atomic mass is 10.1. The molecule has 1 rings (SSSR count). The molecule has 0 radical (unpaired) electrons. The van der Waals surface area contributed by atoms with Crippen LogP contribution < -0.4 is 5.73 Å². The molecule has 3 heteroatoms. The Bertz CT molecular complexity index is 258. The minimum Gasteiger partial charge on any atom is -0.361 e. The first-order valence-electron chi connectivity index (χ1n) is 5.24. The van der Waals surface area contributed by atoms with Gasteiger partial charge in [0.05, 0.1) is 0 Å². The average Bonchev–Trinajstić information content (AvgIpc) is 2.62. The number of aromatic nitrogens is 1. The summed E-state index contributed by atoms with van der Waals surface area (Å²) < 4.78 is 7.34. The number of hydrogen-bond donors (Lipinski definition) is 1. The van der Waals surface area contributed by atoms with Gasteiger partial charge in [0, 0.05) is 25.0 Å². The van der Waals surface area contributed by atoms with Crippen molar-refractivity contribution >= 4 is 0 Å². The average molecular weight is 196 g/mol. The van der Waals surface area contributed by atoms with Crippen LogP contribution in [0.25, 0.3) is 0 Å². The van der Waals surface area contributed by atoms with Crippen molar-refractivity contribution in [3.05, 3.63) is 24.0 Å². The minimum absolute atomic E-state index is 0.276. The molecule has 0 bridgehead atoms. The van der Waals surface area contributed by atoms with Crippen LogP contribution in [-0.2, 0) is 17.9 Å². The van der Waals surface area contributed by atoms with Crippen molar-refractivity contribution in [2.45, 2.75) is 39.5 Å². The SMILES string of the molecule is CCOCn1ccc(CC(N)CC)c1. The van der Waals surface area contributed by atoms with Crippen LogP contribution in [-0.4, -0.2) is 17.2 Å². The Kier molecular flexibility index (Phi) is 4.70. The summed E-state index contributed by atoms with van der Waals surface area (Å²) in [6.45, 7) is 5.50. The molecule has 3 nitrogen and oxygen atoms in total. The molecule has 0 aliphatic carbocycles. The molecule has 1 aromatic rings. The van der Waals surface area contributed by atoms with Crippen LogP contribution in [0, 0.1) is 0 Å². The van der Waals surface area contributed by atoms with E-state index in [1.165, 1.54) is 5.56 Å². The Morgan fingerprint density at radius 1 is 1.50 bits per heavy atom. The second-order valence-corrected chi connectivity index (χ2v) is 3.53. The van der Waals surface area contributed by atoms with Gasteiger partial charge in [0.1, 0.15) is 6.73 Å². The van der Waals surface area contributed by atoms with E-state index in [1.54, 1.807) is 0 Å². The fraction of sp³-hybridized carbons (Fsp3) is 0.636. The van der Waals surface area contributed by atoms with Gasteiger partial charge in [-0.1, -0.05) is 6.92 Å². The second kappa shape index (κ2) is 5.83. The molecular weight excluding hydrogens is 176 g/mol. The summed E-state index contributed by atoms with van der Waals surface area (Å²) in [5.41, 5.74) is 7.16. The molecule has 80 valence electrons. The zero-order valence-corrected chi connectivity index (χ0v) is 9.07. The number of rotatable bonds is 6. The van der Waals surface area contributed by atoms with Gasteiger partial charge in [-0.15, -0.1) is 0 Å². The zero-order chi connectivity index (χ0) is 10.4. The van der Waals surface area contributed by atoms with E-state index in [-0.39, 0.29) is 6.04 Å². The smallest absolute Gasteiger partial charge is 0.122 e. The molecule has 0 amide bonds. The van der Waals surface area contributed by atoms with Gasteiger partial charge < -0.3 is 15.0 Å². The predicted molar refractivity (Wildman–Crippen MR) is 58.0 cm³/mol. The first-order chi connectivity index (χ1) is 6.76. The standard InChI is InChI=1S/C11H20N2O/c1-3-11(12)7-10-5-6-13(8-10)9-14-4-2/h5-6,8,11H,3-4,7,9,12H2,1-2H3. The molecule has 0 aliphatic rings. The maximum absolute atomic E-state index is 5.87. The number of nitrogens with two attached hydrogens (primary N) is 1. The van der Waals surface area contributed by atoms with Crippen LogP contribution in [0.3, 0.4) is 0 Å². The van der Waals surface area contributed by atoms with Gasteiger partial charge in [0.25, 0.3) is 0 Å². The van der Waals surface area contributed by atoms with Gasteiger partial charge in [-0.25, -0.2) is 0 Å². The maximum atomic E-state index is 5.87. The molecule has 0 spiro atoms. The molecule has 1 unspecified atom stereocenters. The molecule has 0 fully saturated rings. The fourth-order valence-electron chi connectivity index (χ4n) is 1.34. The Labute approximate surface area is 85.9 Å². The summed E-state index contributed by atoms with van der Waals surface area (Å²) >= 11 is 0. The van der Waals surface area contributed by atoms with Crippen molar-refractivity contribution in [3.8, 4) is 0 Å². The molecule has 2 N–H and O–H groups in total. The van der Waals surface area contributed by atoms with E-state index in [9.17, 15) is 0 Å². The first kappa shape index (κ1) is 11.3. The normalized spacial score (nSPS) is 13.1. The molecule has 0 saturated carbocycles. The van der Waals surface area contributed by atoms with Crippen LogP contribution in [0.5, 0.6) is 0 Å². The van der Waals surface area contributed by atoms with Gasteiger partial charge in [0.15, 0.2) is 0 Å². The van der Waals surface area contributed by atoms with Crippen LogP contribution in [0.2, 0.25) is 0 Å². The van der Waals surface area contributed by atoms with Crippen LogP contribution >= 0.6 is 0 Å². The summed E-state index contributed by atoms with van der Waals surface area (Å²) in [6.07, 6.45) is 6.12. The first-order valence-corrected chi connectivity index (χ1v) is 5.24. The van der Waals surface area contributed by atoms with Crippen LogP contribution in [0.1, 0.15) is 25.8 Å². The van der Waals surface area contributed by atoms with Crippen molar-refractivity contribution in [2.75, 3.05) is 6.61 Å². The second-order valence-electron chi connectivity index (χ2n) is 3.53. The number of hydrogen-bond acceptors (Lipinski definition) is 2. The highest BCUT2D eigenvalue weighted by Crippen LogP contribution is 2.05. The van der Waals surface area contributed by atoms with E-state index in [0.29, 0.717) is 6.73 Å². The topological polar surface area (TPSA) is 40.2 Å². The zero-order valence-electron chi connectivity index (χ0n) is 9.07. The van der Waals surface area contributed by atoms with Crippen molar-refractivity contribution in [1.29, 1.82) is 0 Å². The summed E-state index contributed by atoms with van der Waals surface area (Å²) in [6, 6.07) is 2.38. The highest BCUT2D eigenvalue weighted by atomic mass is 16.5. The minimum atomic E-state index is 0.276. The molecule has 1 aromatic heterocycles. The van der Waals surface area contributed by atoms with E-state index < -0.39 is 0 Å². The highest BCUT2D eigenvalue weighted by Gasteiger charge is 2.02. The van der Waals surface area contributed by atoms with Crippen molar-refractivity contribution in [2.24, 2.45) is 5.73 Å². The van der Waals surface area contributed by atoms with E-state index in [1.807, 2.05) is 17.7 Å². The third-order valence-electron chi connectivity index (χ3n) is 2.28. The van der Waals surface area contributed by atoms with Crippen molar-refractivity contribution in [3.63, 3.8) is 0 Å². The summed E-state index contributed by atoms with van der Waals surface area (Å²) in [5, 5.41) is 0. The van der Waals surface area contributed by atoms with E-state index in [2.05, 4.69) is 19.2 Å². The van der Waals surface area contributed by atoms with Gasteiger partial charge in [0.2, 0.25) is 0 Å². The molecule has 1 atom stereocenters. The quantitative estimate of drug-likeness (QED) is 0.753. The van der Waals surface area contributed by atoms with Gasteiger partial charge >= 0.3 is 0 Å². The Hall–Kier alpha value is -0.800. The number of nitrogens with zero attached hydrogens (tertiary/aromatic N) is 1. The number of ether oxygens (including phenoxy) is 1. The van der Waals surface area contributed by atoms with Gasteiger partial charge in [-0.05, 0) is 31.4 Å². The summed E-state index contributed by atoms with van der Waals surface area (Å²) in [7, 11) is 0. The van der Waals surface area contributed by atoms with Crippen molar-refractivity contribution < 1.29 is 4.74 Å². The fourth-order valence-corrected chi connectivity index (χ4v) is 1.34. The third kappa shape index (κ3) is 3.52. The molecule has 1 heterocycles. The summed E-state index contributed by atoms with van der Waals surface area (Å²) in [4.78, 5) is 0. The van der Waals surface area contributed by atoms with Crippen molar-refractivity contribution in [1.82, 2.24) is 4.57 Å². The Balaban J connectivity index is 2.42. The molecule has 0 saturated heterocycles. The Morgan fingerprint density at radius 2 is 2.29 bits per heavy atom. The van der Waals surface area contributed by atoms with E-state index in [0.717, 1.165) is 19.4 Å². The van der Waals surface area contributed by atoms with Gasteiger partial charge in [-0.2, -0.15) is 0 Å². The Morgan fingerprint density at radius 3 is 2.93 bits per heavy atom. The molecular formula is C11H20N2O. The largest absolute Gasteiger partial charge is 0.361 e. The highest BCUT2D eigenvalue weighted by molar-refractivity contribution is 5.11. The lowest BCUT2D eigenvalue weighted by molar-refractivity contribution is 0.0880. The van der Waals surface area contributed by atoms with Crippen LogP contribution in [0.4, 0.5) is 0 Å². The van der Waals surface area contributed by atoms with E-state index in [4.69, 9.17) is 10.5 Å². The molecule has 14 heavy (non-hydrogen) atoms. The lowest BCUT2D eigenvalue weighted by Crippen LogP contribution is -2.21. The maximum Gasteiger partial charge on any atom is 0.122 e. The lowest BCUT2D eigenvalue weighted by Gasteiger charge is -2.06. The molecule has 0 aliphatic heterocycles. The summed E-state index contributed by atoms with van der Waals surface area (Å²) in [5.74, 6) is 0. The molecule has 0 aromatic carbocycles. The monoisotopic (exact) mass is 196 g/mol. The van der Waals surface area contributed by atoms with Gasteiger partial charge in [-0.3, -0.25) is 0 Å². The van der Waals surface area contributed by atoms with E-state index >= 15 is 0 Å². The third-order valence-corrected chi connectivity index (χ3v) is 2.28. The predicted octanol–water partition coefficient (Wildman–Crippen LogP) is 1.76.